The first-order chi connectivity index (χ1) is 9.35. The first-order valence-electron chi connectivity index (χ1n) is 5.65. The van der Waals surface area contributed by atoms with Crippen molar-refractivity contribution in [1.29, 1.82) is 5.26 Å². The third-order valence-corrected chi connectivity index (χ3v) is 5.74. The summed E-state index contributed by atoms with van der Waals surface area (Å²) in [4.78, 5) is 10.3. The minimum absolute atomic E-state index is 0.00628. The first kappa shape index (κ1) is 16.3. The Labute approximate surface area is 119 Å². The molecule has 1 unspecified atom stereocenters. The van der Waals surface area contributed by atoms with Crippen molar-refractivity contribution in [3.8, 4) is 6.07 Å². The van der Waals surface area contributed by atoms with E-state index in [1.54, 1.807) is 0 Å². The maximum Gasteiger partial charge on any atom is 0.304 e. The lowest BCUT2D eigenvalue weighted by atomic mass is 10.2. The average Bonchev–Trinajstić information content (AvgIpc) is 2.43. The van der Waals surface area contributed by atoms with Gasteiger partial charge < -0.3 is 5.11 Å². The predicted octanol–water partition coefficient (Wildman–Crippen LogP) is 0.555. The van der Waals surface area contributed by atoms with Gasteiger partial charge in [-0.05, 0) is 18.2 Å². The molecule has 0 aliphatic heterocycles. The van der Waals surface area contributed by atoms with Crippen LogP contribution in [0.4, 0.5) is 0 Å². The third kappa shape index (κ3) is 5.11. The summed E-state index contributed by atoms with van der Waals surface area (Å²) >= 11 is 0. The summed E-state index contributed by atoms with van der Waals surface area (Å²) in [5.74, 6) is -1.59. The van der Waals surface area contributed by atoms with Crippen LogP contribution in [0, 0.1) is 11.3 Å². The fraction of sp³-hybridized carbons (Fsp3) is 0.333. The zero-order valence-electron chi connectivity index (χ0n) is 10.5. The van der Waals surface area contributed by atoms with Gasteiger partial charge in [-0.1, -0.05) is 6.07 Å². The predicted molar refractivity (Wildman–Crippen MR) is 73.3 cm³/mol. The molecule has 6 nitrogen and oxygen atoms in total. The molecule has 8 heteroatoms. The van der Waals surface area contributed by atoms with Crippen LogP contribution in [0.1, 0.15) is 12.0 Å². The summed E-state index contributed by atoms with van der Waals surface area (Å²) in [5, 5.41) is 17.2. The van der Waals surface area contributed by atoms with E-state index >= 15 is 0 Å². The van der Waals surface area contributed by atoms with Crippen molar-refractivity contribution in [1.82, 2.24) is 0 Å². The number of hydrogen-bond acceptors (Lipinski definition) is 5. The van der Waals surface area contributed by atoms with Crippen LogP contribution in [0.5, 0.6) is 0 Å². The highest BCUT2D eigenvalue weighted by molar-refractivity contribution is 7.93. The highest BCUT2D eigenvalue weighted by Crippen LogP contribution is 2.13. The molecule has 0 aliphatic carbocycles. The molecule has 20 heavy (non-hydrogen) atoms. The van der Waals surface area contributed by atoms with E-state index in [0.29, 0.717) is 0 Å². The zero-order valence-corrected chi connectivity index (χ0v) is 12.1. The maximum atomic E-state index is 12.0. The van der Waals surface area contributed by atoms with E-state index in [1.165, 1.54) is 24.3 Å². The van der Waals surface area contributed by atoms with Gasteiger partial charge in [0.1, 0.15) is 0 Å². The number of carbonyl (C=O) groups is 1. The van der Waals surface area contributed by atoms with Crippen LogP contribution in [-0.4, -0.2) is 41.0 Å². The van der Waals surface area contributed by atoms with E-state index in [0.717, 1.165) is 0 Å². The SMILES string of the molecule is N#Cc1cccc(S(=O)(=O)CCS(=O)CCC(=O)O)c1. The summed E-state index contributed by atoms with van der Waals surface area (Å²) in [7, 11) is -5.11. The summed E-state index contributed by atoms with van der Waals surface area (Å²) in [5.41, 5.74) is 0.234. The summed E-state index contributed by atoms with van der Waals surface area (Å²) in [6.45, 7) is 0. The number of sulfone groups is 1. The molecule has 1 N–H and O–H groups in total. The quantitative estimate of drug-likeness (QED) is 0.786. The van der Waals surface area contributed by atoms with Gasteiger partial charge in [0, 0.05) is 22.3 Å². The molecule has 108 valence electrons. The van der Waals surface area contributed by atoms with E-state index in [-0.39, 0.29) is 34.1 Å². The van der Waals surface area contributed by atoms with Gasteiger partial charge in [0.05, 0.1) is 28.7 Å². The van der Waals surface area contributed by atoms with E-state index < -0.39 is 26.6 Å². The summed E-state index contributed by atoms with van der Waals surface area (Å²) < 4.78 is 35.4. The van der Waals surface area contributed by atoms with Crippen LogP contribution in [0.3, 0.4) is 0 Å². The van der Waals surface area contributed by atoms with E-state index in [9.17, 15) is 17.4 Å². The standard InChI is InChI=1S/C12H13NO5S2/c13-9-10-2-1-3-11(8-10)20(17,18)7-6-19(16)5-4-12(14)15/h1-3,8H,4-7H2,(H,14,15). The number of nitrogens with zero attached hydrogens (tertiary/aromatic N) is 1. The van der Waals surface area contributed by atoms with Crippen LogP contribution in [-0.2, 0) is 25.4 Å². The van der Waals surface area contributed by atoms with Crippen molar-refractivity contribution in [3.05, 3.63) is 29.8 Å². The number of carboxylic acids is 1. The highest BCUT2D eigenvalue weighted by Gasteiger charge is 2.16. The first-order valence-corrected chi connectivity index (χ1v) is 8.79. The highest BCUT2D eigenvalue weighted by atomic mass is 32.2. The van der Waals surface area contributed by atoms with Gasteiger partial charge in [0.2, 0.25) is 0 Å². The molecule has 0 spiro atoms. The number of benzene rings is 1. The Kier molecular flexibility index (Phi) is 5.85. The molecule has 0 saturated carbocycles. The molecule has 1 atom stereocenters. The van der Waals surface area contributed by atoms with Crippen LogP contribution in [0.15, 0.2) is 29.2 Å². The Morgan fingerprint density at radius 3 is 2.65 bits per heavy atom. The molecule has 0 saturated heterocycles. The van der Waals surface area contributed by atoms with Crippen molar-refractivity contribution >= 4 is 26.6 Å². The topological polar surface area (TPSA) is 112 Å². The minimum Gasteiger partial charge on any atom is -0.481 e. The van der Waals surface area contributed by atoms with Gasteiger partial charge in [-0.15, -0.1) is 0 Å². The van der Waals surface area contributed by atoms with Gasteiger partial charge in [0.15, 0.2) is 9.84 Å². The third-order valence-electron chi connectivity index (χ3n) is 2.45. The molecule has 1 rings (SSSR count). The number of aliphatic carboxylic acids is 1. The van der Waals surface area contributed by atoms with E-state index in [2.05, 4.69) is 0 Å². The fourth-order valence-corrected chi connectivity index (χ4v) is 4.44. The van der Waals surface area contributed by atoms with E-state index in [1.807, 2.05) is 6.07 Å². The Bertz CT molecular complexity index is 661. The van der Waals surface area contributed by atoms with Gasteiger partial charge in [-0.3, -0.25) is 9.00 Å². The van der Waals surface area contributed by atoms with Crippen molar-refractivity contribution in [3.63, 3.8) is 0 Å². The largest absolute Gasteiger partial charge is 0.481 e. The molecule has 0 amide bonds. The van der Waals surface area contributed by atoms with Crippen molar-refractivity contribution < 1.29 is 22.5 Å². The maximum absolute atomic E-state index is 12.0. The van der Waals surface area contributed by atoms with Gasteiger partial charge in [-0.2, -0.15) is 5.26 Å². The molecular weight excluding hydrogens is 302 g/mol. The smallest absolute Gasteiger partial charge is 0.304 e. The zero-order chi connectivity index (χ0) is 15.2. The summed E-state index contributed by atoms with van der Waals surface area (Å²) in [6.07, 6.45) is -0.253. The Morgan fingerprint density at radius 1 is 1.35 bits per heavy atom. The molecule has 0 bridgehead atoms. The van der Waals surface area contributed by atoms with Gasteiger partial charge >= 0.3 is 5.97 Å². The molecular formula is C12H13NO5S2. The lowest BCUT2D eigenvalue weighted by Crippen LogP contribution is -2.16. The number of carboxylic acid groups (broad SMARTS) is 1. The summed E-state index contributed by atoms with van der Waals surface area (Å²) in [6, 6.07) is 7.43. The second-order valence-corrected chi connectivity index (χ2v) is 7.76. The van der Waals surface area contributed by atoms with E-state index in [4.69, 9.17) is 10.4 Å². The number of rotatable bonds is 7. The van der Waals surface area contributed by atoms with Crippen LogP contribution in [0.2, 0.25) is 0 Å². The normalized spacial score (nSPS) is 12.6. The number of hydrogen-bond donors (Lipinski definition) is 1. The molecule has 0 radical (unpaired) electrons. The van der Waals surface area contributed by atoms with Crippen molar-refractivity contribution in [2.75, 3.05) is 17.3 Å². The van der Waals surface area contributed by atoms with Crippen molar-refractivity contribution in [2.45, 2.75) is 11.3 Å². The van der Waals surface area contributed by atoms with Gasteiger partial charge in [0.25, 0.3) is 0 Å². The molecule has 0 heterocycles. The Hall–Kier alpha value is -1.72. The molecule has 1 aromatic carbocycles. The Balaban J connectivity index is 2.68. The molecule has 1 aromatic rings. The lowest BCUT2D eigenvalue weighted by molar-refractivity contribution is -0.136. The van der Waals surface area contributed by atoms with Crippen LogP contribution >= 0.6 is 0 Å². The average molecular weight is 315 g/mol. The number of nitriles is 1. The monoisotopic (exact) mass is 315 g/mol. The molecule has 0 fully saturated rings. The molecule has 0 aromatic heterocycles. The molecule has 0 aliphatic rings. The fourth-order valence-electron chi connectivity index (χ4n) is 1.38. The second-order valence-electron chi connectivity index (χ2n) is 3.95. The second kappa shape index (κ2) is 7.17. The minimum atomic E-state index is -3.62. The lowest BCUT2D eigenvalue weighted by Gasteiger charge is -2.04. The van der Waals surface area contributed by atoms with Gasteiger partial charge in [-0.25, -0.2) is 8.42 Å². The van der Waals surface area contributed by atoms with Crippen LogP contribution in [0.25, 0.3) is 0 Å². The Morgan fingerprint density at radius 2 is 2.05 bits per heavy atom. The van der Waals surface area contributed by atoms with Crippen molar-refractivity contribution in [2.24, 2.45) is 0 Å². The van der Waals surface area contributed by atoms with Crippen LogP contribution < -0.4 is 0 Å².